The van der Waals surface area contributed by atoms with E-state index >= 15 is 0 Å². The van der Waals surface area contributed by atoms with Gasteiger partial charge in [0.05, 0.1) is 30.4 Å². The number of anilines is 1. The summed E-state index contributed by atoms with van der Waals surface area (Å²) in [5, 5.41) is 2.89. The first-order valence-electron chi connectivity index (χ1n) is 8.19. The Kier molecular flexibility index (Phi) is 6.57. The Morgan fingerprint density at radius 2 is 2.25 bits per heavy atom. The summed E-state index contributed by atoms with van der Waals surface area (Å²) >= 11 is 5.94. The second-order valence-corrected chi connectivity index (χ2v) is 6.45. The van der Waals surface area contributed by atoms with Crippen LogP contribution in [-0.4, -0.2) is 37.6 Å². The summed E-state index contributed by atoms with van der Waals surface area (Å²) in [5.41, 5.74) is 0.383. The van der Waals surface area contributed by atoms with Crippen LogP contribution in [0.4, 0.5) is 10.1 Å². The van der Waals surface area contributed by atoms with Crippen LogP contribution in [0.5, 0.6) is 0 Å². The van der Waals surface area contributed by atoms with Gasteiger partial charge in [-0.25, -0.2) is 4.39 Å². The Morgan fingerprint density at radius 1 is 1.50 bits per heavy atom. The Morgan fingerprint density at radius 3 is 2.92 bits per heavy atom. The van der Waals surface area contributed by atoms with Crippen molar-refractivity contribution in [2.45, 2.75) is 32.7 Å². The quantitative estimate of drug-likeness (QED) is 0.788. The predicted octanol–water partition coefficient (Wildman–Crippen LogP) is 1.66. The molecule has 1 unspecified atom stereocenters. The molecular weight excluding hydrogens is 335 g/mol. The van der Waals surface area contributed by atoms with Gasteiger partial charge in [-0.05, 0) is 44.9 Å². The smallest absolute Gasteiger partial charge is 0.314 e. The number of piperidine rings is 1. The topological polar surface area (TPSA) is 59.8 Å². The molecule has 0 saturated carbocycles. The fourth-order valence-corrected chi connectivity index (χ4v) is 3.18. The van der Waals surface area contributed by atoms with Crippen LogP contribution in [0.25, 0.3) is 0 Å². The van der Waals surface area contributed by atoms with Crippen LogP contribution in [0.15, 0.2) is 18.2 Å². The van der Waals surface area contributed by atoms with Crippen molar-refractivity contribution in [2.75, 3.05) is 25.0 Å². The van der Waals surface area contributed by atoms with Crippen LogP contribution in [0.2, 0.25) is 5.02 Å². The van der Waals surface area contributed by atoms with E-state index in [2.05, 4.69) is 5.32 Å². The number of amides is 1. The van der Waals surface area contributed by atoms with Gasteiger partial charge < -0.3 is 15.0 Å². The number of likely N-dealkylation sites (tertiary alicyclic amines) is 1. The van der Waals surface area contributed by atoms with Crippen molar-refractivity contribution in [3.8, 4) is 0 Å². The first-order valence-corrected chi connectivity index (χ1v) is 8.57. The summed E-state index contributed by atoms with van der Waals surface area (Å²) in [7, 11) is 0. The third-order valence-electron chi connectivity index (χ3n) is 4.37. The van der Waals surface area contributed by atoms with Gasteiger partial charge in [0.1, 0.15) is 11.7 Å². The lowest BCUT2D eigenvalue weighted by atomic mass is 9.97. The molecule has 0 aliphatic carbocycles. The number of hydrogen-bond acceptors (Lipinski definition) is 3. The summed E-state index contributed by atoms with van der Waals surface area (Å²) in [5.74, 6) is -1.02. The number of carbonyl (C=O) groups is 2. The lowest BCUT2D eigenvalue weighted by Gasteiger charge is -2.32. The number of rotatable bonds is 5. The number of ether oxygens (including phenoxy) is 1. The molecule has 1 aliphatic rings. The first kappa shape index (κ1) is 18.7. The average Bonchev–Trinajstić information content (AvgIpc) is 2.57. The van der Waals surface area contributed by atoms with E-state index < -0.39 is 5.82 Å². The molecule has 1 aromatic carbocycles. The molecule has 1 fully saturated rings. The minimum Gasteiger partial charge on any atom is -0.466 e. The molecule has 3 atom stereocenters. The van der Waals surface area contributed by atoms with Gasteiger partial charge in [0.2, 0.25) is 0 Å². The molecule has 1 saturated heterocycles. The fourth-order valence-electron chi connectivity index (χ4n) is 2.97. The third-order valence-corrected chi connectivity index (χ3v) is 4.69. The Labute approximate surface area is 146 Å². The molecule has 5 nitrogen and oxygen atoms in total. The third kappa shape index (κ3) is 4.68. The number of esters is 1. The second kappa shape index (κ2) is 8.44. The predicted molar refractivity (Wildman–Crippen MR) is 89.6 cm³/mol. The SMILES string of the molecule is CCOC(=O)[C@@H]1CCC[NH+]([C@@H](C)C(=O)Nc2ccc(F)cc2Cl)C1. The highest BCUT2D eigenvalue weighted by Gasteiger charge is 2.35. The second-order valence-electron chi connectivity index (χ2n) is 6.04. The molecule has 1 aliphatic heterocycles. The molecule has 1 heterocycles. The molecule has 132 valence electrons. The van der Waals surface area contributed by atoms with Crippen molar-refractivity contribution in [3.05, 3.63) is 29.0 Å². The summed E-state index contributed by atoms with van der Waals surface area (Å²) in [6.45, 7) is 5.36. The van der Waals surface area contributed by atoms with Crippen molar-refractivity contribution >= 4 is 29.2 Å². The summed E-state index contributed by atoms with van der Waals surface area (Å²) in [4.78, 5) is 25.4. The highest BCUT2D eigenvalue weighted by molar-refractivity contribution is 6.33. The van der Waals surface area contributed by atoms with E-state index in [1.54, 1.807) is 6.92 Å². The lowest BCUT2D eigenvalue weighted by Crippen LogP contribution is -3.18. The largest absolute Gasteiger partial charge is 0.466 e. The van der Waals surface area contributed by atoms with Crippen molar-refractivity contribution in [3.63, 3.8) is 0 Å². The van der Waals surface area contributed by atoms with Crippen molar-refractivity contribution in [1.29, 1.82) is 0 Å². The number of quaternary nitrogens is 1. The molecule has 1 aromatic rings. The van der Waals surface area contributed by atoms with Gasteiger partial charge in [0.25, 0.3) is 5.91 Å². The van der Waals surface area contributed by atoms with E-state index in [9.17, 15) is 14.0 Å². The number of halogens is 2. The Balaban J connectivity index is 1.98. The molecule has 2 N–H and O–H groups in total. The monoisotopic (exact) mass is 357 g/mol. The van der Waals surface area contributed by atoms with Gasteiger partial charge in [-0.15, -0.1) is 0 Å². The van der Waals surface area contributed by atoms with Gasteiger partial charge in [0, 0.05) is 0 Å². The van der Waals surface area contributed by atoms with E-state index in [1.165, 1.54) is 12.1 Å². The maximum Gasteiger partial charge on any atom is 0.314 e. The average molecular weight is 358 g/mol. The van der Waals surface area contributed by atoms with E-state index in [4.69, 9.17) is 16.3 Å². The number of benzene rings is 1. The highest BCUT2D eigenvalue weighted by atomic mass is 35.5. The lowest BCUT2D eigenvalue weighted by molar-refractivity contribution is -0.921. The number of carbonyl (C=O) groups excluding carboxylic acids is 2. The van der Waals surface area contributed by atoms with E-state index in [0.717, 1.165) is 30.4 Å². The summed E-state index contributed by atoms with van der Waals surface area (Å²) in [6.07, 6.45) is 1.66. The van der Waals surface area contributed by atoms with E-state index in [0.29, 0.717) is 18.8 Å². The summed E-state index contributed by atoms with van der Waals surface area (Å²) in [6, 6.07) is 3.50. The van der Waals surface area contributed by atoms with E-state index in [-0.39, 0.29) is 28.9 Å². The van der Waals surface area contributed by atoms with Gasteiger partial charge in [-0.3, -0.25) is 9.59 Å². The molecule has 0 radical (unpaired) electrons. The zero-order valence-electron chi connectivity index (χ0n) is 13.9. The van der Waals surface area contributed by atoms with Crippen LogP contribution < -0.4 is 10.2 Å². The Bertz CT molecular complexity index is 611. The normalized spacial score (nSPS) is 21.8. The number of nitrogens with one attached hydrogen (secondary N) is 2. The van der Waals surface area contributed by atoms with Gasteiger partial charge in [-0.1, -0.05) is 11.6 Å². The highest BCUT2D eigenvalue weighted by Crippen LogP contribution is 2.22. The maximum atomic E-state index is 13.1. The van der Waals surface area contributed by atoms with E-state index in [1.807, 2.05) is 6.92 Å². The number of hydrogen-bond donors (Lipinski definition) is 2. The molecule has 24 heavy (non-hydrogen) atoms. The van der Waals surface area contributed by atoms with Crippen molar-refractivity contribution < 1.29 is 23.6 Å². The van der Waals surface area contributed by atoms with Gasteiger partial charge >= 0.3 is 5.97 Å². The minimum absolute atomic E-state index is 0.161. The molecule has 0 aromatic heterocycles. The summed E-state index contributed by atoms with van der Waals surface area (Å²) < 4.78 is 18.2. The van der Waals surface area contributed by atoms with Crippen LogP contribution in [0.3, 0.4) is 0 Å². The standard InChI is InChI=1S/C17H22ClFN2O3/c1-3-24-17(23)12-5-4-8-21(10-12)11(2)16(22)20-15-7-6-13(19)9-14(15)18/h6-7,9,11-12H,3-5,8,10H2,1-2H3,(H,20,22)/p+1/t11-,12+/m0/s1. The minimum atomic E-state index is -0.454. The zero-order chi connectivity index (χ0) is 17.7. The van der Waals surface area contributed by atoms with Crippen LogP contribution in [0.1, 0.15) is 26.7 Å². The zero-order valence-corrected chi connectivity index (χ0v) is 14.7. The molecule has 0 spiro atoms. The molecule has 0 bridgehead atoms. The van der Waals surface area contributed by atoms with Gasteiger partial charge in [-0.2, -0.15) is 0 Å². The van der Waals surface area contributed by atoms with Crippen LogP contribution in [0, 0.1) is 11.7 Å². The first-order chi connectivity index (χ1) is 11.4. The van der Waals surface area contributed by atoms with Gasteiger partial charge in [0.15, 0.2) is 6.04 Å². The van der Waals surface area contributed by atoms with Crippen LogP contribution >= 0.6 is 11.6 Å². The molecule has 7 heteroatoms. The molecule has 1 amide bonds. The maximum absolute atomic E-state index is 13.1. The molecule has 2 rings (SSSR count). The van der Waals surface area contributed by atoms with Crippen molar-refractivity contribution in [2.24, 2.45) is 5.92 Å². The van der Waals surface area contributed by atoms with Crippen molar-refractivity contribution in [1.82, 2.24) is 0 Å². The Hall–Kier alpha value is -1.66. The molecular formula is C17H23ClFN2O3+. The van der Waals surface area contributed by atoms with Crippen LogP contribution in [-0.2, 0) is 14.3 Å². The fraction of sp³-hybridized carbons (Fsp3) is 0.529.